The van der Waals surface area contributed by atoms with Crippen LogP contribution in [0.3, 0.4) is 0 Å². The average Bonchev–Trinajstić information content (AvgIpc) is 2.37. The summed E-state index contributed by atoms with van der Waals surface area (Å²) in [7, 11) is 3.40. The number of nitrogens with one attached hydrogen (secondary N) is 2. The van der Waals surface area contributed by atoms with Crippen LogP contribution in [0.1, 0.15) is 20.3 Å². The van der Waals surface area contributed by atoms with Gasteiger partial charge in [-0.05, 0) is 33.0 Å². The van der Waals surface area contributed by atoms with Gasteiger partial charge in [0.15, 0.2) is 0 Å². The van der Waals surface area contributed by atoms with Crippen LogP contribution in [0.15, 0.2) is 18.2 Å². The maximum atomic E-state index is 11.8. The Morgan fingerprint density at radius 1 is 1.37 bits per heavy atom. The Hall–Kier alpha value is -1.75. The number of carbonyl (C=O) groups is 1. The van der Waals surface area contributed by atoms with Crippen molar-refractivity contribution in [1.29, 1.82) is 0 Å². The molecule has 1 aromatic rings. The van der Waals surface area contributed by atoms with Gasteiger partial charge in [-0.25, -0.2) is 0 Å². The molecular formula is C14H22N2O3. The second-order valence-electron chi connectivity index (χ2n) is 4.43. The molecule has 0 aliphatic heterocycles. The van der Waals surface area contributed by atoms with Crippen LogP contribution in [0.4, 0.5) is 5.69 Å². The molecule has 0 fully saturated rings. The van der Waals surface area contributed by atoms with Gasteiger partial charge in [0.2, 0.25) is 5.91 Å². The van der Waals surface area contributed by atoms with Crippen LogP contribution in [0.25, 0.3) is 0 Å². The predicted octanol–water partition coefficient (Wildman–Crippen LogP) is 2.03. The van der Waals surface area contributed by atoms with Gasteiger partial charge in [-0.2, -0.15) is 0 Å². The number of carbonyl (C=O) groups excluding carboxylic acids is 1. The van der Waals surface area contributed by atoms with E-state index in [9.17, 15) is 4.79 Å². The standard InChI is InChI=1S/C14H22N2O3/c1-10(2)19-13-6-5-11(18-4)9-12(13)16-14(17)7-8-15-3/h5-6,9-10,15H,7-8H2,1-4H3,(H,16,17). The Labute approximate surface area is 114 Å². The fourth-order valence-electron chi connectivity index (χ4n) is 1.54. The second-order valence-corrected chi connectivity index (χ2v) is 4.43. The fraction of sp³-hybridized carbons (Fsp3) is 0.500. The van der Waals surface area contributed by atoms with Crippen LogP contribution < -0.4 is 20.1 Å². The lowest BCUT2D eigenvalue weighted by molar-refractivity contribution is -0.116. The van der Waals surface area contributed by atoms with Crippen LogP contribution in [0.5, 0.6) is 11.5 Å². The Kier molecular flexibility index (Phi) is 6.15. The first-order valence-corrected chi connectivity index (χ1v) is 6.36. The number of rotatable bonds is 7. The zero-order valence-corrected chi connectivity index (χ0v) is 11.9. The van der Waals surface area contributed by atoms with E-state index in [1.165, 1.54) is 0 Å². The molecule has 19 heavy (non-hydrogen) atoms. The minimum absolute atomic E-state index is 0.0429. The molecule has 0 bridgehead atoms. The number of methoxy groups -OCH3 is 1. The molecule has 0 unspecified atom stereocenters. The van der Waals surface area contributed by atoms with Crippen molar-refractivity contribution >= 4 is 11.6 Å². The molecule has 1 amide bonds. The van der Waals surface area contributed by atoms with Gasteiger partial charge in [-0.1, -0.05) is 0 Å². The summed E-state index contributed by atoms with van der Waals surface area (Å²) < 4.78 is 10.8. The van der Waals surface area contributed by atoms with Crippen molar-refractivity contribution in [1.82, 2.24) is 5.32 Å². The number of hydrogen-bond donors (Lipinski definition) is 2. The molecule has 1 rings (SSSR count). The van der Waals surface area contributed by atoms with Crippen LogP contribution >= 0.6 is 0 Å². The van der Waals surface area contributed by atoms with E-state index >= 15 is 0 Å². The number of ether oxygens (including phenoxy) is 2. The molecule has 1 aromatic carbocycles. The van der Waals surface area contributed by atoms with Crippen LogP contribution in [0, 0.1) is 0 Å². The van der Waals surface area contributed by atoms with Crippen molar-refractivity contribution in [2.24, 2.45) is 0 Å². The number of amides is 1. The lowest BCUT2D eigenvalue weighted by atomic mass is 10.2. The molecule has 0 aliphatic rings. The van der Waals surface area contributed by atoms with Gasteiger partial charge < -0.3 is 20.1 Å². The van der Waals surface area contributed by atoms with Crippen LogP contribution in [-0.4, -0.2) is 32.7 Å². The maximum Gasteiger partial charge on any atom is 0.225 e. The van der Waals surface area contributed by atoms with E-state index in [1.807, 2.05) is 20.9 Å². The molecule has 106 valence electrons. The molecule has 2 N–H and O–H groups in total. The second kappa shape index (κ2) is 7.63. The monoisotopic (exact) mass is 266 g/mol. The molecule has 5 heteroatoms. The highest BCUT2D eigenvalue weighted by atomic mass is 16.5. The van der Waals surface area contributed by atoms with E-state index in [-0.39, 0.29) is 12.0 Å². The minimum Gasteiger partial charge on any atom is -0.497 e. The van der Waals surface area contributed by atoms with E-state index < -0.39 is 0 Å². The normalized spacial score (nSPS) is 10.4. The van der Waals surface area contributed by atoms with Gasteiger partial charge >= 0.3 is 0 Å². The molecule has 5 nitrogen and oxygen atoms in total. The summed E-state index contributed by atoms with van der Waals surface area (Å²) in [4.78, 5) is 11.8. The first-order chi connectivity index (χ1) is 9.06. The van der Waals surface area contributed by atoms with Crippen molar-refractivity contribution in [2.75, 3.05) is 26.0 Å². The lowest BCUT2D eigenvalue weighted by Gasteiger charge is -2.16. The van der Waals surface area contributed by atoms with Gasteiger partial charge in [0.05, 0.1) is 18.9 Å². The number of benzene rings is 1. The van der Waals surface area contributed by atoms with Crippen molar-refractivity contribution in [2.45, 2.75) is 26.4 Å². The van der Waals surface area contributed by atoms with Crippen molar-refractivity contribution in [3.05, 3.63) is 18.2 Å². The molecule has 0 spiro atoms. The number of anilines is 1. The fourth-order valence-corrected chi connectivity index (χ4v) is 1.54. The molecule has 0 atom stereocenters. The molecule has 0 aromatic heterocycles. The van der Waals surface area contributed by atoms with E-state index in [4.69, 9.17) is 9.47 Å². The lowest BCUT2D eigenvalue weighted by Crippen LogP contribution is -2.19. The minimum atomic E-state index is -0.0591. The summed E-state index contributed by atoms with van der Waals surface area (Å²) in [6, 6.07) is 5.36. The van der Waals surface area contributed by atoms with Gasteiger partial charge in [0.1, 0.15) is 11.5 Å². The van der Waals surface area contributed by atoms with Crippen LogP contribution in [-0.2, 0) is 4.79 Å². The molecule has 0 saturated carbocycles. The van der Waals surface area contributed by atoms with Gasteiger partial charge in [0, 0.05) is 19.0 Å². The Bertz CT molecular complexity index is 419. The van der Waals surface area contributed by atoms with Gasteiger partial charge in [-0.3, -0.25) is 4.79 Å². The summed E-state index contributed by atoms with van der Waals surface area (Å²) in [5.41, 5.74) is 0.633. The molecule has 0 aliphatic carbocycles. The smallest absolute Gasteiger partial charge is 0.225 e. The quantitative estimate of drug-likeness (QED) is 0.793. The largest absolute Gasteiger partial charge is 0.497 e. The summed E-state index contributed by atoms with van der Waals surface area (Å²) in [6.45, 7) is 4.52. The molecule has 0 radical (unpaired) electrons. The highest BCUT2D eigenvalue weighted by Crippen LogP contribution is 2.30. The van der Waals surface area contributed by atoms with Gasteiger partial charge in [-0.15, -0.1) is 0 Å². The zero-order chi connectivity index (χ0) is 14.3. The molecule has 0 heterocycles. The third-order valence-electron chi connectivity index (χ3n) is 2.43. The molecule has 0 saturated heterocycles. The Balaban J connectivity index is 2.84. The Morgan fingerprint density at radius 2 is 2.11 bits per heavy atom. The first-order valence-electron chi connectivity index (χ1n) is 6.36. The predicted molar refractivity (Wildman–Crippen MR) is 75.9 cm³/mol. The highest BCUT2D eigenvalue weighted by molar-refractivity contribution is 5.92. The summed E-state index contributed by atoms with van der Waals surface area (Å²) in [5, 5.41) is 5.78. The topological polar surface area (TPSA) is 59.6 Å². The maximum absolute atomic E-state index is 11.8. The summed E-state index contributed by atoms with van der Waals surface area (Å²) >= 11 is 0. The third-order valence-corrected chi connectivity index (χ3v) is 2.43. The van der Waals surface area contributed by atoms with Crippen molar-refractivity contribution < 1.29 is 14.3 Å². The van der Waals surface area contributed by atoms with E-state index in [0.717, 1.165) is 0 Å². The van der Waals surface area contributed by atoms with E-state index in [0.29, 0.717) is 30.2 Å². The first kappa shape index (κ1) is 15.3. The SMILES string of the molecule is CNCCC(=O)Nc1cc(OC)ccc1OC(C)C. The van der Waals surface area contributed by atoms with Crippen LogP contribution in [0.2, 0.25) is 0 Å². The summed E-state index contributed by atoms with van der Waals surface area (Å²) in [5.74, 6) is 1.27. The summed E-state index contributed by atoms with van der Waals surface area (Å²) in [6.07, 6.45) is 0.454. The number of hydrogen-bond acceptors (Lipinski definition) is 4. The Morgan fingerprint density at radius 3 is 2.68 bits per heavy atom. The average molecular weight is 266 g/mol. The zero-order valence-electron chi connectivity index (χ0n) is 11.9. The highest BCUT2D eigenvalue weighted by Gasteiger charge is 2.10. The van der Waals surface area contributed by atoms with Crippen molar-refractivity contribution in [3.8, 4) is 11.5 Å². The van der Waals surface area contributed by atoms with Crippen molar-refractivity contribution in [3.63, 3.8) is 0 Å². The third kappa shape index (κ3) is 5.18. The van der Waals surface area contributed by atoms with Gasteiger partial charge in [0.25, 0.3) is 0 Å². The van der Waals surface area contributed by atoms with E-state index in [2.05, 4.69) is 10.6 Å². The van der Waals surface area contributed by atoms with E-state index in [1.54, 1.807) is 25.3 Å². The molecular weight excluding hydrogens is 244 g/mol.